The lowest BCUT2D eigenvalue weighted by atomic mass is 10.0. The van der Waals surface area contributed by atoms with Crippen LogP contribution in [-0.4, -0.2) is 24.7 Å². The summed E-state index contributed by atoms with van der Waals surface area (Å²) in [6.07, 6.45) is 4.72. The molecule has 0 fully saturated rings. The molecule has 3 aromatic heterocycles. The van der Waals surface area contributed by atoms with Crippen molar-refractivity contribution in [1.29, 1.82) is 0 Å². The molecule has 148 valence electrons. The standard InChI is InChI=1S/C21H20F2N6/c1-12-7-20(24)27-13(2)16(12)5-6-19-17-10-29(28-21(17)26-11-25-19)9-14-3-4-15(22)8-18(14)23/h3-4,7-8,10-11H,5-6,9H2,1-2H3,(H2,24,27). The second kappa shape index (κ2) is 7.54. The van der Waals surface area contributed by atoms with E-state index in [-0.39, 0.29) is 6.54 Å². The van der Waals surface area contributed by atoms with E-state index < -0.39 is 11.6 Å². The molecule has 1 aromatic carbocycles. The summed E-state index contributed by atoms with van der Waals surface area (Å²) in [5, 5.41) is 5.22. The molecule has 4 aromatic rings. The van der Waals surface area contributed by atoms with Gasteiger partial charge in [-0.1, -0.05) is 6.07 Å². The fourth-order valence-corrected chi connectivity index (χ4v) is 3.55. The summed E-state index contributed by atoms with van der Waals surface area (Å²) in [7, 11) is 0. The number of fused-ring (bicyclic) bond motifs is 1. The quantitative estimate of drug-likeness (QED) is 0.560. The molecule has 6 nitrogen and oxygen atoms in total. The highest BCUT2D eigenvalue weighted by molar-refractivity contribution is 5.76. The second-order valence-corrected chi connectivity index (χ2v) is 7.05. The van der Waals surface area contributed by atoms with Crippen molar-refractivity contribution in [3.8, 4) is 0 Å². The molecule has 0 aliphatic heterocycles. The van der Waals surface area contributed by atoms with Crippen LogP contribution in [-0.2, 0) is 19.4 Å². The smallest absolute Gasteiger partial charge is 0.184 e. The summed E-state index contributed by atoms with van der Waals surface area (Å²) in [6.45, 7) is 4.15. The van der Waals surface area contributed by atoms with Gasteiger partial charge in [-0.05, 0) is 49.9 Å². The first-order valence-electron chi connectivity index (χ1n) is 9.24. The van der Waals surface area contributed by atoms with Crippen molar-refractivity contribution >= 4 is 16.9 Å². The van der Waals surface area contributed by atoms with Gasteiger partial charge in [0.05, 0.1) is 17.6 Å². The Labute approximate surface area is 166 Å². The number of nitrogens with zero attached hydrogens (tertiary/aromatic N) is 5. The first kappa shape index (κ1) is 18.9. The number of aromatic nitrogens is 5. The number of hydrogen-bond acceptors (Lipinski definition) is 5. The van der Waals surface area contributed by atoms with E-state index in [1.807, 2.05) is 19.9 Å². The van der Waals surface area contributed by atoms with Crippen LogP contribution < -0.4 is 5.73 Å². The van der Waals surface area contributed by atoms with Crippen LogP contribution in [0.25, 0.3) is 11.0 Å². The lowest BCUT2D eigenvalue weighted by Gasteiger charge is -2.10. The monoisotopic (exact) mass is 394 g/mol. The second-order valence-electron chi connectivity index (χ2n) is 7.05. The molecule has 0 atom stereocenters. The van der Waals surface area contributed by atoms with Gasteiger partial charge in [0, 0.05) is 23.5 Å². The molecule has 0 bridgehead atoms. The molecule has 0 spiro atoms. The van der Waals surface area contributed by atoms with Crippen molar-refractivity contribution in [1.82, 2.24) is 24.7 Å². The predicted molar refractivity (Wildman–Crippen MR) is 106 cm³/mol. The van der Waals surface area contributed by atoms with Crippen LogP contribution >= 0.6 is 0 Å². The number of halogens is 2. The van der Waals surface area contributed by atoms with Crippen LogP contribution in [0, 0.1) is 25.5 Å². The molecule has 29 heavy (non-hydrogen) atoms. The number of benzene rings is 1. The van der Waals surface area contributed by atoms with E-state index in [1.165, 1.54) is 18.5 Å². The average Bonchev–Trinajstić information content (AvgIpc) is 3.06. The fourth-order valence-electron chi connectivity index (χ4n) is 3.55. The van der Waals surface area contributed by atoms with E-state index in [4.69, 9.17) is 5.73 Å². The van der Waals surface area contributed by atoms with Crippen molar-refractivity contribution in [2.45, 2.75) is 33.2 Å². The minimum absolute atomic E-state index is 0.183. The van der Waals surface area contributed by atoms with Crippen molar-refractivity contribution in [2.75, 3.05) is 5.73 Å². The number of nitrogen functional groups attached to an aromatic ring is 1. The molecular formula is C21H20F2N6. The molecule has 4 rings (SSSR count). The fraction of sp³-hybridized carbons (Fsp3) is 0.238. The third-order valence-electron chi connectivity index (χ3n) is 4.98. The lowest BCUT2D eigenvalue weighted by Crippen LogP contribution is -2.04. The summed E-state index contributed by atoms with van der Waals surface area (Å²) < 4.78 is 28.7. The van der Waals surface area contributed by atoms with Gasteiger partial charge in [-0.15, -0.1) is 0 Å². The highest BCUT2D eigenvalue weighted by Gasteiger charge is 2.13. The van der Waals surface area contributed by atoms with E-state index in [9.17, 15) is 8.78 Å². The largest absolute Gasteiger partial charge is 0.384 e. The van der Waals surface area contributed by atoms with Gasteiger partial charge in [-0.25, -0.2) is 23.7 Å². The van der Waals surface area contributed by atoms with Crippen molar-refractivity contribution in [2.24, 2.45) is 0 Å². The Balaban J connectivity index is 1.60. The molecule has 2 N–H and O–H groups in total. The van der Waals surface area contributed by atoms with Crippen LogP contribution in [0.4, 0.5) is 14.6 Å². The Kier molecular flexibility index (Phi) is 4.92. The first-order valence-corrected chi connectivity index (χ1v) is 9.24. The summed E-state index contributed by atoms with van der Waals surface area (Å²) in [4.78, 5) is 13.0. The Morgan fingerprint density at radius 3 is 2.66 bits per heavy atom. The Morgan fingerprint density at radius 2 is 1.90 bits per heavy atom. The van der Waals surface area contributed by atoms with Crippen molar-refractivity contribution in [3.63, 3.8) is 0 Å². The summed E-state index contributed by atoms with van der Waals surface area (Å²) in [6, 6.07) is 5.39. The molecule has 3 heterocycles. The van der Waals surface area contributed by atoms with Crippen molar-refractivity contribution < 1.29 is 8.78 Å². The summed E-state index contributed by atoms with van der Waals surface area (Å²) in [5.74, 6) is -0.687. The number of aryl methyl sites for hydroxylation is 3. The van der Waals surface area contributed by atoms with E-state index >= 15 is 0 Å². The third kappa shape index (κ3) is 3.91. The van der Waals surface area contributed by atoms with Gasteiger partial charge in [0.25, 0.3) is 0 Å². The van der Waals surface area contributed by atoms with Crippen LogP contribution in [0.5, 0.6) is 0 Å². The number of hydrogen-bond donors (Lipinski definition) is 1. The molecule has 0 saturated carbocycles. The Hall–Kier alpha value is -3.42. The Morgan fingerprint density at radius 1 is 1.07 bits per heavy atom. The molecular weight excluding hydrogens is 374 g/mol. The average molecular weight is 394 g/mol. The first-order chi connectivity index (χ1) is 13.9. The highest BCUT2D eigenvalue weighted by atomic mass is 19.1. The molecule has 0 aliphatic carbocycles. The number of anilines is 1. The number of nitrogens with two attached hydrogens (primary N) is 1. The minimum Gasteiger partial charge on any atom is -0.384 e. The molecule has 8 heteroatoms. The van der Waals surface area contributed by atoms with Crippen LogP contribution in [0.1, 0.15) is 28.1 Å². The normalized spacial score (nSPS) is 11.3. The van der Waals surface area contributed by atoms with Gasteiger partial charge < -0.3 is 5.73 Å². The van der Waals surface area contributed by atoms with E-state index in [0.29, 0.717) is 23.4 Å². The lowest BCUT2D eigenvalue weighted by molar-refractivity contribution is 0.559. The van der Waals surface area contributed by atoms with Crippen molar-refractivity contribution in [3.05, 3.63) is 76.5 Å². The predicted octanol–water partition coefficient (Wildman–Crippen LogP) is 3.53. The van der Waals surface area contributed by atoms with E-state index in [1.54, 1.807) is 10.9 Å². The Bertz CT molecular complexity index is 1180. The number of rotatable bonds is 5. The zero-order valence-corrected chi connectivity index (χ0v) is 16.2. The van der Waals surface area contributed by atoms with E-state index in [0.717, 1.165) is 40.4 Å². The maximum Gasteiger partial charge on any atom is 0.184 e. The van der Waals surface area contributed by atoms with Gasteiger partial charge in [-0.3, -0.25) is 4.68 Å². The molecule has 0 radical (unpaired) electrons. The van der Waals surface area contributed by atoms with Crippen LogP contribution in [0.3, 0.4) is 0 Å². The van der Waals surface area contributed by atoms with Gasteiger partial charge in [0.15, 0.2) is 5.65 Å². The highest BCUT2D eigenvalue weighted by Crippen LogP contribution is 2.20. The zero-order chi connectivity index (χ0) is 20.5. The molecule has 0 saturated heterocycles. The van der Waals surface area contributed by atoms with E-state index in [2.05, 4.69) is 20.1 Å². The van der Waals surface area contributed by atoms with Gasteiger partial charge >= 0.3 is 0 Å². The molecule has 0 aliphatic rings. The molecule has 0 unspecified atom stereocenters. The van der Waals surface area contributed by atoms with Crippen LogP contribution in [0.2, 0.25) is 0 Å². The van der Waals surface area contributed by atoms with Crippen LogP contribution in [0.15, 0.2) is 36.8 Å². The van der Waals surface area contributed by atoms with Gasteiger partial charge in [-0.2, -0.15) is 5.10 Å². The zero-order valence-electron chi connectivity index (χ0n) is 16.2. The molecule has 0 amide bonds. The van der Waals surface area contributed by atoms with Gasteiger partial charge in [0.1, 0.15) is 23.8 Å². The minimum atomic E-state index is -0.604. The van der Waals surface area contributed by atoms with Gasteiger partial charge in [0.2, 0.25) is 0 Å². The number of pyridine rings is 1. The third-order valence-corrected chi connectivity index (χ3v) is 4.98. The maximum absolute atomic E-state index is 14.0. The topological polar surface area (TPSA) is 82.5 Å². The summed E-state index contributed by atoms with van der Waals surface area (Å²) in [5.41, 5.74) is 10.7. The summed E-state index contributed by atoms with van der Waals surface area (Å²) >= 11 is 0. The SMILES string of the molecule is Cc1cc(N)nc(C)c1CCc1ncnc2nn(Cc3ccc(F)cc3F)cc12. The maximum atomic E-state index is 14.0.